The van der Waals surface area contributed by atoms with Gasteiger partial charge in [-0.05, 0) is 23.6 Å². The highest BCUT2D eigenvalue weighted by molar-refractivity contribution is 5.92. The van der Waals surface area contributed by atoms with Crippen molar-refractivity contribution < 1.29 is 14.7 Å². The van der Waals surface area contributed by atoms with Crippen LogP contribution in [0.2, 0.25) is 0 Å². The van der Waals surface area contributed by atoms with Gasteiger partial charge >= 0.3 is 5.97 Å². The molecular weight excluding hydrogens is 322 g/mol. The van der Waals surface area contributed by atoms with Crippen LogP contribution < -0.4 is 5.56 Å². The van der Waals surface area contributed by atoms with Crippen LogP contribution in [0.4, 0.5) is 0 Å². The molecule has 1 saturated heterocycles. The molecule has 0 radical (unpaired) electrons. The normalized spacial score (nSPS) is 15.1. The van der Waals surface area contributed by atoms with Gasteiger partial charge in [-0.3, -0.25) is 14.2 Å². The lowest BCUT2D eigenvalue weighted by Crippen LogP contribution is -2.56. The first-order chi connectivity index (χ1) is 11.8. The average Bonchev–Trinajstić information content (AvgIpc) is 2.56. The Morgan fingerprint density at radius 3 is 2.48 bits per heavy atom. The van der Waals surface area contributed by atoms with E-state index in [4.69, 9.17) is 0 Å². The maximum absolute atomic E-state index is 12.4. The van der Waals surface area contributed by atoms with Gasteiger partial charge in [0.15, 0.2) is 0 Å². The molecule has 3 heterocycles. The molecule has 1 N–H and O–H groups in total. The molecule has 25 heavy (non-hydrogen) atoms. The van der Waals surface area contributed by atoms with E-state index in [1.54, 1.807) is 17.0 Å². The Hall–Kier alpha value is -2.70. The van der Waals surface area contributed by atoms with E-state index in [0.717, 1.165) is 4.57 Å². The smallest absolute Gasteiger partial charge is 0.341 e. The van der Waals surface area contributed by atoms with Gasteiger partial charge in [0.2, 0.25) is 5.91 Å². The second-order valence-electron chi connectivity index (χ2n) is 6.58. The van der Waals surface area contributed by atoms with Crippen LogP contribution in [0.15, 0.2) is 29.2 Å². The highest BCUT2D eigenvalue weighted by atomic mass is 16.4. The van der Waals surface area contributed by atoms with E-state index in [0.29, 0.717) is 24.1 Å². The van der Waals surface area contributed by atoms with Crippen LogP contribution in [0.1, 0.15) is 38.1 Å². The van der Waals surface area contributed by atoms with Crippen LogP contribution in [-0.4, -0.2) is 44.5 Å². The van der Waals surface area contributed by atoms with Gasteiger partial charge < -0.3 is 10.0 Å². The second kappa shape index (κ2) is 7.04. The zero-order valence-corrected chi connectivity index (χ0v) is 14.9. The Morgan fingerprint density at radius 1 is 1.28 bits per heavy atom. The first-order valence-corrected chi connectivity index (χ1v) is 8.28. The van der Waals surface area contributed by atoms with E-state index in [9.17, 15) is 19.5 Å². The Kier molecular flexibility index (Phi) is 5.25. The van der Waals surface area contributed by atoms with E-state index >= 15 is 0 Å². The zero-order chi connectivity index (χ0) is 18.8. The summed E-state index contributed by atoms with van der Waals surface area (Å²) in [6.07, 6.45) is 1.51. The summed E-state index contributed by atoms with van der Waals surface area (Å²) >= 11 is 0. The number of hydrogen-bond acceptors (Lipinski definition) is 4. The molecule has 0 saturated carbocycles. The minimum Gasteiger partial charge on any atom is -0.477 e. The third kappa shape index (κ3) is 3.70. The minimum absolute atomic E-state index is 0.0872. The molecule has 1 amide bonds. The van der Waals surface area contributed by atoms with E-state index in [1.807, 2.05) is 13.8 Å². The molecule has 0 aromatic carbocycles. The molecule has 134 valence electrons. The molecule has 7 nitrogen and oxygen atoms in total. The van der Waals surface area contributed by atoms with E-state index < -0.39 is 11.5 Å². The standard InChI is InChI=1S/C16H17N3O4.C2H6/c1-16(2)8-18(9-16)12(20)7-19-13-10(4-3-5-17-13)6-11(14(19)21)15(22)23;1-2/h3-6H,7-9H2,1-2H3,(H,22,23);1-2H3. The van der Waals surface area contributed by atoms with Crippen molar-refractivity contribution in [1.82, 2.24) is 14.5 Å². The van der Waals surface area contributed by atoms with Crippen molar-refractivity contribution >= 4 is 22.9 Å². The summed E-state index contributed by atoms with van der Waals surface area (Å²) in [6.45, 7) is 9.18. The topological polar surface area (TPSA) is 92.5 Å². The summed E-state index contributed by atoms with van der Waals surface area (Å²) in [5.41, 5.74) is -0.668. The van der Waals surface area contributed by atoms with Crippen molar-refractivity contribution in [2.45, 2.75) is 34.2 Å². The molecule has 3 rings (SSSR count). The van der Waals surface area contributed by atoms with Crippen LogP contribution in [0.5, 0.6) is 0 Å². The third-order valence-corrected chi connectivity index (χ3v) is 3.96. The predicted molar refractivity (Wildman–Crippen MR) is 94.7 cm³/mol. The number of fused-ring (bicyclic) bond motifs is 1. The summed E-state index contributed by atoms with van der Waals surface area (Å²) in [7, 11) is 0. The quantitative estimate of drug-likeness (QED) is 0.918. The van der Waals surface area contributed by atoms with Crippen molar-refractivity contribution in [1.29, 1.82) is 0 Å². The fourth-order valence-corrected chi connectivity index (χ4v) is 2.90. The van der Waals surface area contributed by atoms with Gasteiger partial charge in [0.25, 0.3) is 5.56 Å². The number of likely N-dealkylation sites (tertiary alicyclic amines) is 1. The lowest BCUT2D eigenvalue weighted by Gasteiger charge is -2.45. The summed E-state index contributed by atoms with van der Waals surface area (Å²) in [6, 6.07) is 4.62. The van der Waals surface area contributed by atoms with Gasteiger partial charge in [-0.2, -0.15) is 0 Å². The number of amides is 1. The molecule has 1 fully saturated rings. The van der Waals surface area contributed by atoms with Crippen LogP contribution in [0.25, 0.3) is 11.0 Å². The fraction of sp³-hybridized carbons (Fsp3) is 0.444. The number of pyridine rings is 2. The highest BCUT2D eigenvalue weighted by Gasteiger charge is 2.37. The molecular formula is C18H23N3O4. The Balaban J connectivity index is 0.00000109. The van der Waals surface area contributed by atoms with Crippen LogP contribution >= 0.6 is 0 Å². The molecule has 0 bridgehead atoms. The number of carboxylic acid groups (broad SMARTS) is 1. The van der Waals surface area contributed by atoms with Crippen LogP contribution in [-0.2, 0) is 11.3 Å². The summed E-state index contributed by atoms with van der Waals surface area (Å²) in [5.74, 6) is -1.52. The lowest BCUT2D eigenvalue weighted by atomic mass is 9.84. The van der Waals surface area contributed by atoms with Crippen molar-refractivity contribution in [2.24, 2.45) is 5.41 Å². The van der Waals surface area contributed by atoms with Crippen molar-refractivity contribution in [3.8, 4) is 0 Å². The van der Waals surface area contributed by atoms with Crippen LogP contribution in [0.3, 0.4) is 0 Å². The first-order valence-electron chi connectivity index (χ1n) is 8.28. The molecule has 1 aliphatic heterocycles. The molecule has 7 heteroatoms. The zero-order valence-electron chi connectivity index (χ0n) is 14.9. The SMILES string of the molecule is CC.CC1(C)CN(C(=O)Cn2c(=O)c(C(=O)O)cc3cccnc32)C1. The predicted octanol–water partition coefficient (Wildman–Crippen LogP) is 1.99. The molecule has 1 aliphatic rings. The number of nitrogens with zero attached hydrogens (tertiary/aromatic N) is 3. The summed E-state index contributed by atoms with van der Waals surface area (Å²) in [5, 5.41) is 9.70. The van der Waals surface area contributed by atoms with E-state index in [2.05, 4.69) is 18.8 Å². The number of aromatic nitrogens is 2. The summed E-state index contributed by atoms with van der Waals surface area (Å²) in [4.78, 5) is 41.8. The maximum atomic E-state index is 12.4. The number of rotatable bonds is 3. The van der Waals surface area contributed by atoms with Gasteiger partial charge in [-0.25, -0.2) is 9.78 Å². The van der Waals surface area contributed by atoms with Crippen molar-refractivity contribution in [2.75, 3.05) is 13.1 Å². The molecule has 0 atom stereocenters. The lowest BCUT2D eigenvalue weighted by molar-refractivity contribution is -0.142. The average molecular weight is 345 g/mol. The monoisotopic (exact) mass is 345 g/mol. The van der Waals surface area contributed by atoms with Gasteiger partial charge in [0, 0.05) is 24.7 Å². The van der Waals surface area contributed by atoms with E-state index in [-0.39, 0.29) is 23.4 Å². The largest absolute Gasteiger partial charge is 0.477 e. The minimum atomic E-state index is -1.31. The number of hydrogen-bond donors (Lipinski definition) is 1. The Morgan fingerprint density at radius 2 is 1.92 bits per heavy atom. The molecule has 0 spiro atoms. The van der Waals surface area contributed by atoms with Gasteiger partial charge in [0.05, 0.1) is 0 Å². The number of carbonyl (C=O) groups excluding carboxylic acids is 1. The molecule has 0 unspecified atom stereocenters. The second-order valence-corrected chi connectivity index (χ2v) is 6.58. The highest BCUT2D eigenvalue weighted by Crippen LogP contribution is 2.28. The number of aromatic carboxylic acids is 1. The Bertz CT molecular complexity index is 862. The first kappa shape index (κ1) is 18.6. The maximum Gasteiger partial charge on any atom is 0.341 e. The number of carbonyl (C=O) groups is 2. The van der Waals surface area contributed by atoms with Gasteiger partial charge in [-0.15, -0.1) is 0 Å². The molecule has 2 aromatic heterocycles. The Labute approximate surface area is 145 Å². The molecule has 2 aromatic rings. The van der Waals surface area contributed by atoms with Gasteiger partial charge in [0.1, 0.15) is 17.8 Å². The summed E-state index contributed by atoms with van der Waals surface area (Å²) < 4.78 is 1.15. The number of carboxylic acids is 1. The van der Waals surface area contributed by atoms with Crippen molar-refractivity contribution in [3.63, 3.8) is 0 Å². The van der Waals surface area contributed by atoms with E-state index in [1.165, 1.54) is 12.3 Å². The van der Waals surface area contributed by atoms with Crippen LogP contribution in [0, 0.1) is 5.41 Å². The van der Waals surface area contributed by atoms with Crippen molar-refractivity contribution in [3.05, 3.63) is 40.3 Å². The van der Waals surface area contributed by atoms with Gasteiger partial charge in [-0.1, -0.05) is 27.7 Å². The fourth-order valence-electron chi connectivity index (χ4n) is 2.90. The third-order valence-electron chi connectivity index (χ3n) is 3.96. The molecule has 0 aliphatic carbocycles.